The molecule has 1 aliphatic heterocycles. The molecule has 0 aliphatic carbocycles. The molecule has 3 aromatic rings. The van der Waals surface area contributed by atoms with Crippen LogP contribution in [0.4, 0.5) is 5.69 Å². The Morgan fingerprint density at radius 1 is 1.16 bits per heavy atom. The Morgan fingerprint density at radius 3 is 2.68 bits per heavy atom. The molecule has 31 heavy (non-hydrogen) atoms. The number of amides is 1. The van der Waals surface area contributed by atoms with E-state index in [1.807, 2.05) is 54.6 Å². The number of carbonyl (C=O) groups excluding carboxylic acids is 1. The van der Waals surface area contributed by atoms with E-state index < -0.39 is 0 Å². The van der Waals surface area contributed by atoms with Crippen LogP contribution in [0, 0.1) is 0 Å². The zero-order valence-corrected chi connectivity index (χ0v) is 18.9. The van der Waals surface area contributed by atoms with Crippen molar-refractivity contribution >= 4 is 50.5 Å². The van der Waals surface area contributed by atoms with E-state index in [0.717, 1.165) is 21.3 Å². The summed E-state index contributed by atoms with van der Waals surface area (Å²) >= 11 is 4.85. The van der Waals surface area contributed by atoms with Crippen LogP contribution in [0.1, 0.15) is 11.1 Å². The largest absolute Gasteiger partial charge is 0.493 e. The number of benzene rings is 2. The van der Waals surface area contributed by atoms with Gasteiger partial charge >= 0.3 is 0 Å². The summed E-state index contributed by atoms with van der Waals surface area (Å²) in [6.45, 7) is 0.384. The quantitative estimate of drug-likeness (QED) is 0.468. The normalized spacial score (nSPS) is 15.9. The number of rotatable bonds is 6. The Balaban J connectivity index is 1.54. The number of aliphatic imine (C=N–C) groups is 1. The summed E-state index contributed by atoms with van der Waals surface area (Å²) in [7, 11) is 1.58. The van der Waals surface area contributed by atoms with Crippen molar-refractivity contribution in [3.8, 4) is 11.5 Å². The lowest BCUT2D eigenvalue weighted by Gasteiger charge is -2.13. The van der Waals surface area contributed by atoms with Gasteiger partial charge in [0.15, 0.2) is 16.7 Å². The van der Waals surface area contributed by atoms with Crippen molar-refractivity contribution in [3.05, 3.63) is 87.5 Å². The van der Waals surface area contributed by atoms with Crippen LogP contribution < -0.4 is 14.8 Å². The molecule has 1 fully saturated rings. The molecule has 1 aliphatic rings. The van der Waals surface area contributed by atoms with Crippen LogP contribution in [0.2, 0.25) is 0 Å². The Hall–Kier alpha value is -3.10. The van der Waals surface area contributed by atoms with Crippen LogP contribution in [0.25, 0.3) is 6.08 Å². The van der Waals surface area contributed by atoms with E-state index >= 15 is 0 Å². The SMILES string of the molecule is COc1cc(/C=C2/SC(=Nc3ccccc3)NC2=O)cc(Br)c1OCc1ccncc1. The van der Waals surface area contributed by atoms with Crippen LogP contribution in [0.3, 0.4) is 0 Å². The molecule has 0 radical (unpaired) electrons. The molecule has 0 unspecified atom stereocenters. The Morgan fingerprint density at radius 2 is 1.94 bits per heavy atom. The summed E-state index contributed by atoms with van der Waals surface area (Å²) < 4.78 is 12.2. The molecule has 6 nitrogen and oxygen atoms in total. The second-order valence-electron chi connectivity index (χ2n) is 6.50. The number of hydrogen-bond acceptors (Lipinski definition) is 6. The molecular formula is C23H18BrN3O3S. The van der Waals surface area contributed by atoms with Crippen molar-refractivity contribution in [2.75, 3.05) is 7.11 Å². The molecule has 1 amide bonds. The summed E-state index contributed by atoms with van der Waals surface area (Å²) in [6, 6.07) is 17.0. The Labute approximate surface area is 192 Å². The fraction of sp³-hybridized carbons (Fsp3) is 0.0870. The fourth-order valence-corrected chi connectivity index (χ4v) is 4.27. The number of pyridine rings is 1. The first kappa shape index (κ1) is 21.1. The summed E-state index contributed by atoms with van der Waals surface area (Å²) in [4.78, 5) is 21.4. The molecule has 0 bridgehead atoms. The minimum absolute atomic E-state index is 0.187. The average molecular weight is 496 g/mol. The Kier molecular flexibility index (Phi) is 6.69. The third-order valence-corrected chi connectivity index (χ3v) is 5.82. The van der Waals surface area contributed by atoms with Gasteiger partial charge in [-0.05, 0) is 81.3 Å². The van der Waals surface area contributed by atoms with Crippen molar-refractivity contribution in [3.63, 3.8) is 0 Å². The third-order valence-electron chi connectivity index (χ3n) is 4.32. The number of methoxy groups -OCH3 is 1. The van der Waals surface area contributed by atoms with Crippen molar-refractivity contribution in [2.24, 2.45) is 4.99 Å². The molecule has 0 atom stereocenters. The van der Waals surface area contributed by atoms with Gasteiger partial charge in [-0.25, -0.2) is 4.99 Å². The van der Waals surface area contributed by atoms with Crippen molar-refractivity contribution < 1.29 is 14.3 Å². The number of halogens is 1. The molecule has 0 saturated carbocycles. The number of aromatic nitrogens is 1. The number of thioether (sulfide) groups is 1. The third kappa shape index (κ3) is 5.34. The molecule has 4 rings (SSSR count). The zero-order valence-electron chi connectivity index (χ0n) is 16.5. The first-order chi connectivity index (χ1) is 15.1. The predicted molar refractivity (Wildman–Crippen MR) is 127 cm³/mol. The van der Waals surface area contributed by atoms with Gasteiger partial charge in [0.25, 0.3) is 5.91 Å². The first-order valence-electron chi connectivity index (χ1n) is 9.36. The molecule has 1 aromatic heterocycles. The average Bonchev–Trinajstić information content (AvgIpc) is 3.12. The minimum atomic E-state index is -0.187. The summed E-state index contributed by atoms with van der Waals surface area (Å²) in [5, 5.41) is 3.35. The molecule has 1 saturated heterocycles. The number of hydrogen-bond donors (Lipinski definition) is 1. The number of nitrogens with zero attached hydrogens (tertiary/aromatic N) is 2. The van der Waals surface area contributed by atoms with Gasteiger partial charge in [-0.1, -0.05) is 18.2 Å². The molecule has 8 heteroatoms. The molecular weight excluding hydrogens is 478 g/mol. The second kappa shape index (κ2) is 9.80. The summed E-state index contributed by atoms with van der Waals surface area (Å²) in [5.41, 5.74) is 2.59. The number of para-hydroxylation sites is 1. The van der Waals surface area contributed by atoms with Gasteiger partial charge in [-0.2, -0.15) is 0 Å². The van der Waals surface area contributed by atoms with Crippen molar-refractivity contribution in [2.45, 2.75) is 6.61 Å². The first-order valence-corrected chi connectivity index (χ1v) is 11.0. The van der Waals surface area contributed by atoms with E-state index in [2.05, 4.69) is 31.2 Å². The highest BCUT2D eigenvalue weighted by atomic mass is 79.9. The maximum Gasteiger partial charge on any atom is 0.264 e. The molecule has 1 N–H and O–H groups in total. The fourth-order valence-electron chi connectivity index (χ4n) is 2.85. The van der Waals surface area contributed by atoms with E-state index in [1.165, 1.54) is 11.8 Å². The van der Waals surface area contributed by atoms with Gasteiger partial charge in [-0.3, -0.25) is 9.78 Å². The standard InChI is InChI=1S/C23H18BrN3O3S/c1-29-19-12-16(11-18(24)21(19)30-14-15-7-9-25-10-8-15)13-20-22(28)27-23(31-20)26-17-5-3-2-4-6-17/h2-13H,14H2,1H3,(H,26,27,28)/b20-13+. The monoisotopic (exact) mass is 495 g/mol. The van der Waals surface area contributed by atoms with Crippen LogP contribution in [-0.2, 0) is 11.4 Å². The maximum absolute atomic E-state index is 12.4. The number of nitrogens with one attached hydrogen (secondary N) is 1. The minimum Gasteiger partial charge on any atom is -0.493 e. The second-order valence-corrected chi connectivity index (χ2v) is 8.38. The number of ether oxygens (including phenoxy) is 2. The lowest BCUT2D eigenvalue weighted by atomic mass is 10.2. The number of carbonyl (C=O) groups is 1. The van der Waals surface area contributed by atoms with Gasteiger partial charge in [0.05, 0.1) is 22.2 Å². The highest BCUT2D eigenvalue weighted by Crippen LogP contribution is 2.38. The molecule has 2 aromatic carbocycles. The highest BCUT2D eigenvalue weighted by molar-refractivity contribution is 9.10. The topological polar surface area (TPSA) is 72.8 Å². The maximum atomic E-state index is 12.4. The van der Waals surface area contributed by atoms with Gasteiger partial charge in [0.2, 0.25) is 0 Å². The predicted octanol–water partition coefficient (Wildman–Crippen LogP) is 5.32. The molecule has 0 spiro atoms. The Bertz CT molecular complexity index is 1150. The lowest BCUT2D eigenvalue weighted by Crippen LogP contribution is -2.19. The van der Waals surface area contributed by atoms with Crippen LogP contribution in [-0.4, -0.2) is 23.2 Å². The highest BCUT2D eigenvalue weighted by Gasteiger charge is 2.24. The van der Waals surface area contributed by atoms with Gasteiger partial charge in [0, 0.05) is 12.4 Å². The summed E-state index contributed by atoms with van der Waals surface area (Å²) in [6.07, 6.45) is 5.24. The van der Waals surface area contributed by atoms with E-state index in [-0.39, 0.29) is 5.91 Å². The molecule has 156 valence electrons. The van der Waals surface area contributed by atoms with E-state index in [1.54, 1.807) is 25.6 Å². The van der Waals surface area contributed by atoms with Crippen molar-refractivity contribution in [1.29, 1.82) is 0 Å². The van der Waals surface area contributed by atoms with E-state index in [4.69, 9.17) is 9.47 Å². The lowest BCUT2D eigenvalue weighted by molar-refractivity contribution is -0.115. The van der Waals surface area contributed by atoms with Gasteiger partial charge < -0.3 is 14.8 Å². The van der Waals surface area contributed by atoms with Crippen molar-refractivity contribution in [1.82, 2.24) is 10.3 Å². The zero-order chi connectivity index (χ0) is 21.6. The summed E-state index contributed by atoms with van der Waals surface area (Å²) in [5.74, 6) is 0.973. The van der Waals surface area contributed by atoms with E-state index in [0.29, 0.717) is 28.2 Å². The van der Waals surface area contributed by atoms with Gasteiger partial charge in [0.1, 0.15) is 6.61 Å². The van der Waals surface area contributed by atoms with Crippen LogP contribution in [0.5, 0.6) is 11.5 Å². The molecule has 2 heterocycles. The number of amidine groups is 1. The van der Waals surface area contributed by atoms with Gasteiger partial charge in [-0.15, -0.1) is 0 Å². The van der Waals surface area contributed by atoms with Crippen LogP contribution in [0.15, 0.2) is 81.4 Å². The smallest absolute Gasteiger partial charge is 0.264 e. The van der Waals surface area contributed by atoms with Crippen LogP contribution >= 0.6 is 27.7 Å². The van der Waals surface area contributed by atoms with E-state index in [9.17, 15) is 4.79 Å².